The van der Waals surface area contributed by atoms with E-state index in [1.807, 2.05) is 25.1 Å². The molecular weight excluding hydrogens is 342 g/mol. The molecule has 2 amide bonds. The van der Waals surface area contributed by atoms with Crippen molar-refractivity contribution in [1.29, 1.82) is 0 Å². The number of thioether (sulfide) groups is 1. The molecule has 1 heterocycles. The van der Waals surface area contributed by atoms with Crippen molar-refractivity contribution >= 4 is 39.9 Å². The Labute approximate surface area is 150 Å². The number of hydrogen-bond donors (Lipinski definition) is 2. The summed E-state index contributed by atoms with van der Waals surface area (Å²) >= 11 is 2.99. The molecule has 0 aliphatic carbocycles. The minimum absolute atomic E-state index is 0.164. The Bertz CT molecular complexity index is 713. The van der Waals surface area contributed by atoms with Crippen LogP contribution in [0.3, 0.4) is 0 Å². The van der Waals surface area contributed by atoms with E-state index in [1.165, 1.54) is 16.2 Å². The van der Waals surface area contributed by atoms with Gasteiger partial charge in [-0.15, -0.1) is 23.1 Å². The van der Waals surface area contributed by atoms with Crippen LogP contribution in [0.5, 0.6) is 0 Å². The lowest BCUT2D eigenvalue weighted by molar-refractivity contribution is -0.120. The molecule has 0 unspecified atom stereocenters. The van der Waals surface area contributed by atoms with Crippen molar-refractivity contribution in [2.75, 3.05) is 18.6 Å². The number of benzene rings is 1. The van der Waals surface area contributed by atoms with Crippen LogP contribution in [0, 0.1) is 0 Å². The van der Waals surface area contributed by atoms with Gasteiger partial charge in [0.1, 0.15) is 5.00 Å². The van der Waals surface area contributed by atoms with Gasteiger partial charge in [0.15, 0.2) is 0 Å². The second-order valence-corrected chi connectivity index (χ2v) is 7.25. The molecule has 2 rings (SSSR count). The molecule has 0 spiro atoms. The Balaban J connectivity index is 1.98. The number of nitrogens with one attached hydrogen (secondary N) is 1. The number of primary amides is 1. The summed E-state index contributed by atoms with van der Waals surface area (Å²) in [5.41, 5.74) is 6.79. The van der Waals surface area contributed by atoms with E-state index in [0.717, 1.165) is 5.56 Å². The van der Waals surface area contributed by atoms with Gasteiger partial charge in [0.2, 0.25) is 5.91 Å². The Kier molecular flexibility index (Phi) is 6.42. The molecule has 0 aliphatic rings. The third-order valence-corrected chi connectivity index (χ3v) is 5.37. The maximum atomic E-state index is 12.4. The summed E-state index contributed by atoms with van der Waals surface area (Å²) in [6, 6.07) is 9.55. The largest absolute Gasteiger partial charge is 0.366 e. The topological polar surface area (TPSA) is 75.4 Å². The first-order valence-electron chi connectivity index (χ1n) is 7.43. The molecular formula is C17H21N3O2S2. The predicted molar refractivity (Wildman–Crippen MR) is 101 cm³/mol. The van der Waals surface area contributed by atoms with Gasteiger partial charge in [-0.1, -0.05) is 12.1 Å². The molecule has 24 heavy (non-hydrogen) atoms. The lowest BCUT2D eigenvalue weighted by Crippen LogP contribution is -2.39. The molecule has 2 aromatic rings. The monoisotopic (exact) mass is 363 g/mol. The van der Waals surface area contributed by atoms with E-state index < -0.39 is 5.91 Å². The lowest BCUT2D eigenvalue weighted by atomic mass is 10.2. The Morgan fingerprint density at radius 2 is 1.96 bits per heavy atom. The molecule has 0 aliphatic heterocycles. The molecule has 5 nitrogen and oxygen atoms in total. The molecule has 1 aromatic heterocycles. The van der Waals surface area contributed by atoms with Crippen LogP contribution in [-0.4, -0.2) is 36.1 Å². The first-order chi connectivity index (χ1) is 11.4. The van der Waals surface area contributed by atoms with E-state index in [4.69, 9.17) is 5.73 Å². The number of hydrogen-bond acceptors (Lipinski definition) is 5. The molecule has 128 valence electrons. The number of nitrogens with zero attached hydrogens (tertiary/aromatic N) is 1. The minimum Gasteiger partial charge on any atom is -0.366 e. The summed E-state index contributed by atoms with van der Waals surface area (Å²) in [6.45, 7) is 2.50. The number of anilines is 1. The minimum atomic E-state index is -0.540. The third-order valence-electron chi connectivity index (χ3n) is 3.80. The fraction of sp³-hybridized carbons (Fsp3) is 0.294. The average molecular weight is 364 g/mol. The van der Waals surface area contributed by atoms with Gasteiger partial charge in [0, 0.05) is 11.4 Å². The summed E-state index contributed by atoms with van der Waals surface area (Å²) in [7, 11) is 1.90. The Hall–Kier alpha value is -1.83. The zero-order chi connectivity index (χ0) is 17.7. The number of carbonyl (C=O) groups excluding carboxylic acids is 2. The normalized spacial score (nSPS) is 12.2. The van der Waals surface area contributed by atoms with Crippen molar-refractivity contribution in [1.82, 2.24) is 4.90 Å². The van der Waals surface area contributed by atoms with Gasteiger partial charge in [0.05, 0.1) is 11.6 Å². The van der Waals surface area contributed by atoms with E-state index in [9.17, 15) is 9.59 Å². The predicted octanol–water partition coefficient (Wildman–Crippen LogP) is 3.03. The highest BCUT2D eigenvalue weighted by atomic mass is 32.2. The van der Waals surface area contributed by atoms with Crippen LogP contribution >= 0.6 is 23.1 Å². The van der Waals surface area contributed by atoms with Crippen LogP contribution < -0.4 is 11.1 Å². The number of carbonyl (C=O) groups is 2. The zero-order valence-corrected chi connectivity index (χ0v) is 15.5. The molecule has 0 saturated heterocycles. The van der Waals surface area contributed by atoms with Crippen molar-refractivity contribution in [2.24, 2.45) is 5.73 Å². The molecule has 1 aromatic carbocycles. The fourth-order valence-corrected chi connectivity index (χ4v) is 3.38. The second kappa shape index (κ2) is 8.32. The SMILES string of the molecule is CSc1ccc(CN(C)[C@H](C)C(=O)Nc2sccc2C(N)=O)cc1. The Morgan fingerprint density at radius 3 is 2.54 bits per heavy atom. The number of nitrogens with two attached hydrogens (primary N) is 1. The quantitative estimate of drug-likeness (QED) is 0.742. The van der Waals surface area contributed by atoms with Crippen molar-refractivity contribution in [2.45, 2.75) is 24.4 Å². The van der Waals surface area contributed by atoms with Crippen molar-refractivity contribution in [3.8, 4) is 0 Å². The number of rotatable bonds is 7. The summed E-state index contributed by atoms with van der Waals surface area (Å²) in [6.07, 6.45) is 2.04. The summed E-state index contributed by atoms with van der Waals surface area (Å²) in [4.78, 5) is 26.9. The van der Waals surface area contributed by atoms with Gasteiger partial charge in [-0.2, -0.15) is 0 Å². The highest BCUT2D eigenvalue weighted by Gasteiger charge is 2.20. The highest BCUT2D eigenvalue weighted by Crippen LogP contribution is 2.23. The van der Waals surface area contributed by atoms with Gasteiger partial charge in [-0.3, -0.25) is 14.5 Å². The first kappa shape index (κ1) is 18.5. The zero-order valence-electron chi connectivity index (χ0n) is 13.9. The Morgan fingerprint density at radius 1 is 1.29 bits per heavy atom. The number of amides is 2. The van der Waals surface area contributed by atoms with E-state index in [1.54, 1.807) is 23.2 Å². The molecule has 0 radical (unpaired) electrons. The van der Waals surface area contributed by atoms with Crippen LogP contribution in [0.4, 0.5) is 5.00 Å². The summed E-state index contributed by atoms with van der Waals surface area (Å²) in [5, 5.41) is 5.02. The maximum Gasteiger partial charge on any atom is 0.251 e. The fourth-order valence-electron chi connectivity index (χ4n) is 2.17. The van der Waals surface area contributed by atoms with Crippen LogP contribution in [-0.2, 0) is 11.3 Å². The van der Waals surface area contributed by atoms with E-state index in [2.05, 4.69) is 29.6 Å². The van der Waals surface area contributed by atoms with Crippen LogP contribution in [0.2, 0.25) is 0 Å². The van der Waals surface area contributed by atoms with Gasteiger partial charge in [-0.25, -0.2) is 0 Å². The molecule has 3 N–H and O–H groups in total. The van der Waals surface area contributed by atoms with E-state index in [-0.39, 0.29) is 11.9 Å². The molecule has 1 atom stereocenters. The van der Waals surface area contributed by atoms with Crippen LogP contribution in [0.1, 0.15) is 22.8 Å². The van der Waals surface area contributed by atoms with Gasteiger partial charge in [0.25, 0.3) is 5.91 Å². The van der Waals surface area contributed by atoms with Crippen molar-refractivity contribution in [3.05, 3.63) is 46.8 Å². The van der Waals surface area contributed by atoms with Crippen molar-refractivity contribution < 1.29 is 9.59 Å². The van der Waals surface area contributed by atoms with Gasteiger partial charge in [-0.05, 0) is 49.4 Å². The second-order valence-electron chi connectivity index (χ2n) is 5.46. The molecule has 7 heteroatoms. The van der Waals surface area contributed by atoms with E-state index >= 15 is 0 Å². The van der Waals surface area contributed by atoms with E-state index in [0.29, 0.717) is 17.1 Å². The third kappa shape index (κ3) is 4.59. The standard InChI is InChI=1S/C17H21N3O2S2/c1-11(16(22)19-17-14(15(18)21)8-9-24-17)20(2)10-12-4-6-13(23-3)7-5-12/h4-9,11H,10H2,1-3H3,(H2,18,21)(H,19,22)/t11-/m1/s1. The van der Waals surface area contributed by atoms with Crippen LogP contribution in [0.25, 0.3) is 0 Å². The maximum absolute atomic E-state index is 12.4. The average Bonchev–Trinajstić information content (AvgIpc) is 3.03. The summed E-state index contributed by atoms with van der Waals surface area (Å²) < 4.78 is 0. The summed E-state index contributed by atoms with van der Waals surface area (Å²) in [5.74, 6) is -0.704. The highest BCUT2D eigenvalue weighted by molar-refractivity contribution is 7.98. The van der Waals surface area contributed by atoms with Crippen LogP contribution in [0.15, 0.2) is 40.6 Å². The smallest absolute Gasteiger partial charge is 0.251 e. The van der Waals surface area contributed by atoms with Gasteiger partial charge < -0.3 is 11.1 Å². The number of likely N-dealkylation sites (N-methyl/N-ethyl adjacent to an activating group) is 1. The molecule has 0 saturated carbocycles. The number of thiophene rings is 1. The lowest BCUT2D eigenvalue weighted by Gasteiger charge is -2.24. The molecule has 0 fully saturated rings. The van der Waals surface area contributed by atoms with Crippen molar-refractivity contribution in [3.63, 3.8) is 0 Å². The molecule has 0 bridgehead atoms. The van der Waals surface area contributed by atoms with Gasteiger partial charge >= 0.3 is 0 Å². The first-order valence-corrected chi connectivity index (χ1v) is 9.54.